The number of sulfonamides is 1. The predicted molar refractivity (Wildman–Crippen MR) is 87.7 cm³/mol. The third-order valence-electron chi connectivity index (χ3n) is 2.67. The van der Waals surface area contributed by atoms with Crippen LogP contribution in [0.15, 0.2) is 14.7 Å². The molecule has 0 amide bonds. The summed E-state index contributed by atoms with van der Waals surface area (Å²) < 4.78 is 28.4. The van der Waals surface area contributed by atoms with Crippen LogP contribution in [0.5, 0.6) is 0 Å². The normalized spacial score (nSPS) is 12.9. The van der Waals surface area contributed by atoms with Gasteiger partial charge in [-0.2, -0.15) is 0 Å². The third-order valence-corrected chi connectivity index (χ3v) is 8.21. The first-order valence-corrected chi connectivity index (χ1v) is 10.6. The van der Waals surface area contributed by atoms with E-state index >= 15 is 0 Å². The summed E-state index contributed by atoms with van der Waals surface area (Å²) in [5.41, 5.74) is -0.500. The van der Waals surface area contributed by atoms with Gasteiger partial charge in [0, 0.05) is 15.5 Å². The molecule has 18 heavy (non-hydrogen) atoms. The van der Waals surface area contributed by atoms with Crippen LogP contribution in [0, 0.1) is 6.92 Å². The Hall–Kier alpha value is 1.05. The Balaban J connectivity index is 3.12. The summed E-state index contributed by atoms with van der Waals surface area (Å²) in [6.45, 7) is 3.77. The first kappa shape index (κ1) is 17.1. The fourth-order valence-corrected chi connectivity index (χ4v) is 7.65. The predicted octanol–water partition coefficient (Wildman–Crippen LogP) is 4.04. The highest BCUT2D eigenvalue weighted by molar-refractivity contribution is 9.11. The number of rotatable bonds is 6. The highest BCUT2D eigenvalue weighted by Gasteiger charge is 2.33. The van der Waals surface area contributed by atoms with Crippen LogP contribution >= 0.6 is 59.1 Å². The maximum absolute atomic E-state index is 12.4. The highest BCUT2D eigenvalue weighted by Crippen LogP contribution is 2.31. The minimum Gasteiger partial charge on any atom is -0.207 e. The Morgan fingerprint density at radius 2 is 1.94 bits per heavy atom. The topological polar surface area (TPSA) is 46.2 Å². The molecule has 0 saturated carbocycles. The molecule has 0 aromatic carbocycles. The Kier molecular flexibility index (Phi) is 6.34. The van der Waals surface area contributed by atoms with E-state index in [0.29, 0.717) is 22.0 Å². The molecule has 1 rings (SSSR count). The number of thiophene rings is 1. The van der Waals surface area contributed by atoms with Gasteiger partial charge in [-0.05, 0) is 35.3 Å². The van der Waals surface area contributed by atoms with E-state index < -0.39 is 15.6 Å². The number of hydrogen-bond donors (Lipinski definition) is 1. The van der Waals surface area contributed by atoms with Crippen molar-refractivity contribution in [3.8, 4) is 0 Å². The van der Waals surface area contributed by atoms with Crippen molar-refractivity contribution in [2.75, 3.05) is 10.7 Å². The first-order valence-electron chi connectivity index (χ1n) is 5.22. The van der Waals surface area contributed by atoms with Gasteiger partial charge in [-0.25, -0.2) is 13.1 Å². The van der Waals surface area contributed by atoms with Gasteiger partial charge >= 0.3 is 0 Å². The second kappa shape index (κ2) is 6.67. The van der Waals surface area contributed by atoms with Gasteiger partial charge in [0.25, 0.3) is 0 Å². The largest absolute Gasteiger partial charge is 0.242 e. The number of alkyl halides is 2. The number of halogens is 3. The molecule has 104 valence electrons. The second-order valence-corrected chi connectivity index (χ2v) is 9.39. The Morgan fingerprint density at radius 3 is 2.28 bits per heavy atom. The molecule has 0 spiro atoms. The number of hydrogen-bond acceptors (Lipinski definition) is 3. The molecule has 0 bridgehead atoms. The number of aryl methyl sites for hydroxylation is 1. The minimum atomic E-state index is -3.49. The minimum absolute atomic E-state index is 0.346. The van der Waals surface area contributed by atoms with Crippen molar-refractivity contribution in [2.24, 2.45) is 0 Å². The van der Waals surface area contributed by atoms with Gasteiger partial charge in [0.05, 0.1) is 14.2 Å². The van der Waals surface area contributed by atoms with E-state index in [9.17, 15) is 8.42 Å². The van der Waals surface area contributed by atoms with Gasteiger partial charge in [-0.1, -0.05) is 38.8 Å². The zero-order valence-corrected chi connectivity index (χ0v) is 16.4. The smallest absolute Gasteiger partial charge is 0.207 e. The Bertz CT molecular complexity index is 501. The fourth-order valence-electron chi connectivity index (χ4n) is 1.39. The van der Waals surface area contributed by atoms with Crippen molar-refractivity contribution in [1.82, 2.24) is 4.72 Å². The van der Waals surface area contributed by atoms with Crippen molar-refractivity contribution in [2.45, 2.75) is 30.7 Å². The Morgan fingerprint density at radius 1 is 1.39 bits per heavy atom. The van der Waals surface area contributed by atoms with Gasteiger partial charge in [0.1, 0.15) is 0 Å². The lowest BCUT2D eigenvalue weighted by molar-refractivity contribution is 0.459. The molecular weight excluding hydrogens is 470 g/mol. The Labute approximate surface area is 137 Å². The molecule has 0 aliphatic rings. The van der Waals surface area contributed by atoms with Crippen LogP contribution in [0.25, 0.3) is 0 Å². The molecule has 1 N–H and O–H groups in total. The quantitative estimate of drug-likeness (QED) is 0.621. The lowest BCUT2D eigenvalue weighted by atomic mass is 10.0. The number of nitrogens with one attached hydrogen (secondary N) is 1. The first-order chi connectivity index (χ1) is 8.30. The molecule has 1 heterocycles. The second-order valence-electron chi connectivity index (χ2n) is 3.98. The van der Waals surface area contributed by atoms with Gasteiger partial charge in [-0.3, -0.25) is 0 Å². The summed E-state index contributed by atoms with van der Waals surface area (Å²) in [7, 11) is -3.49. The molecule has 0 aliphatic carbocycles. The van der Waals surface area contributed by atoms with E-state index in [2.05, 4.69) is 52.5 Å². The van der Waals surface area contributed by atoms with E-state index in [0.717, 1.165) is 8.66 Å². The maximum Gasteiger partial charge on any atom is 0.242 e. The lowest BCUT2D eigenvalue weighted by Crippen LogP contribution is -2.50. The zero-order chi connectivity index (χ0) is 14.0. The van der Waals surface area contributed by atoms with Gasteiger partial charge in [-0.15, -0.1) is 11.3 Å². The third kappa shape index (κ3) is 3.79. The van der Waals surface area contributed by atoms with Crippen LogP contribution in [0.2, 0.25) is 0 Å². The lowest BCUT2D eigenvalue weighted by Gasteiger charge is -2.29. The fraction of sp³-hybridized carbons (Fsp3) is 0.600. The summed E-state index contributed by atoms with van der Waals surface area (Å²) in [6.07, 6.45) is 0.701. The van der Waals surface area contributed by atoms with Gasteiger partial charge in [0.2, 0.25) is 10.0 Å². The standard InChI is InChI=1S/C10H14Br3NO2S2/c1-3-10(5-11,6-12)14-18(15,16)8-4-9(13)17-7(8)2/h4,14H,3,5-6H2,1-2H3. The van der Waals surface area contributed by atoms with Crippen molar-refractivity contribution < 1.29 is 8.42 Å². The van der Waals surface area contributed by atoms with Crippen LogP contribution in [-0.4, -0.2) is 24.6 Å². The molecular formula is C10H14Br3NO2S2. The van der Waals surface area contributed by atoms with Gasteiger partial charge < -0.3 is 0 Å². The van der Waals surface area contributed by atoms with E-state index in [1.807, 2.05) is 6.92 Å². The molecule has 1 aromatic heterocycles. The van der Waals surface area contributed by atoms with Crippen LogP contribution < -0.4 is 4.72 Å². The summed E-state index contributed by atoms with van der Waals surface area (Å²) in [4.78, 5) is 1.13. The van der Waals surface area contributed by atoms with Crippen LogP contribution in [0.1, 0.15) is 18.2 Å². The maximum atomic E-state index is 12.4. The van der Waals surface area contributed by atoms with E-state index in [1.165, 1.54) is 11.3 Å². The highest BCUT2D eigenvalue weighted by atomic mass is 79.9. The van der Waals surface area contributed by atoms with E-state index in [-0.39, 0.29) is 0 Å². The summed E-state index contributed by atoms with van der Waals surface area (Å²) in [5, 5.41) is 1.12. The van der Waals surface area contributed by atoms with Crippen molar-refractivity contribution >= 4 is 69.1 Å². The molecule has 0 aliphatic heterocycles. The summed E-state index contributed by atoms with van der Waals surface area (Å²) in [5.74, 6) is 0. The van der Waals surface area contributed by atoms with Crippen molar-refractivity contribution in [3.05, 3.63) is 14.7 Å². The van der Waals surface area contributed by atoms with E-state index in [1.54, 1.807) is 13.0 Å². The molecule has 0 radical (unpaired) electrons. The molecule has 0 saturated heterocycles. The molecule has 0 atom stereocenters. The molecule has 0 fully saturated rings. The zero-order valence-electron chi connectivity index (χ0n) is 9.97. The molecule has 8 heteroatoms. The average molecular weight is 484 g/mol. The van der Waals surface area contributed by atoms with Crippen LogP contribution in [-0.2, 0) is 10.0 Å². The average Bonchev–Trinajstić information content (AvgIpc) is 2.66. The SMILES string of the molecule is CCC(CBr)(CBr)NS(=O)(=O)c1cc(Br)sc1C. The molecule has 3 nitrogen and oxygen atoms in total. The summed E-state index contributed by atoms with van der Waals surface area (Å²) in [6, 6.07) is 1.64. The van der Waals surface area contributed by atoms with E-state index in [4.69, 9.17) is 0 Å². The van der Waals surface area contributed by atoms with Crippen molar-refractivity contribution in [3.63, 3.8) is 0 Å². The van der Waals surface area contributed by atoms with Crippen LogP contribution in [0.3, 0.4) is 0 Å². The molecule has 1 aromatic rings. The van der Waals surface area contributed by atoms with Crippen LogP contribution in [0.4, 0.5) is 0 Å². The van der Waals surface area contributed by atoms with Gasteiger partial charge in [0.15, 0.2) is 0 Å². The molecule has 0 unspecified atom stereocenters. The monoisotopic (exact) mass is 481 g/mol. The van der Waals surface area contributed by atoms with Crippen molar-refractivity contribution in [1.29, 1.82) is 0 Å². The summed E-state index contributed by atoms with van der Waals surface area (Å²) >= 11 is 11.5.